The highest BCUT2D eigenvalue weighted by Crippen LogP contribution is 2.22. The summed E-state index contributed by atoms with van der Waals surface area (Å²) in [6, 6.07) is 10.7. The molecule has 26 heavy (non-hydrogen) atoms. The van der Waals surface area contributed by atoms with Crippen molar-refractivity contribution in [2.45, 2.75) is 40.3 Å². The predicted octanol–water partition coefficient (Wildman–Crippen LogP) is 4.03. The number of hydrogen-bond donors (Lipinski definition) is 2. The first kappa shape index (κ1) is 20.3. The molecule has 2 N–H and O–H groups in total. The number of aromatic nitrogens is 1. The summed E-state index contributed by atoms with van der Waals surface area (Å²) in [6.45, 7) is 9.19. The summed E-state index contributed by atoms with van der Waals surface area (Å²) < 4.78 is 19.8. The molecule has 2 rings (SSSR count). The third-order valence-electron chi connectivity index (χ3n) is 4.19. The standard InChI is InChI=1S/C21H29FN2O2/c1-14(2)13-26-17-7-5-16(6-8-17)19-10-9-18(22)20(24-19)11-23-21(12-25)15(3)4/h5-10,14-15,21,23,25H,11-13H2,1-4H3/t21-/m0/s1. The lowest BCUT2D eigenvalue weighted by Gasteiger charge is -2.20. The number of aliphatic hydroxyl groups is 1. The van der Waals surface area contributed by atoms with Crippen molar-refractivity contribution < 1.29 is 14.2 Å². The Kier molecular flexibility index (Phi) is 7.54. The zero-order chi connectivity index (χ0) is 19.1. The zero-order valence-electron chi connectivity index (χ0n) is 16.0. The lowest BCUT2D eigenvalue weighted by molar-refractivity contribution is 0.209. The van der Waals surface area contributed by atoms with E-state index in [1.165, 1.54) is 6.07 Å². The third kappa shape index (κ3) is 5.78. The average molecular weight is 360 g/mol. The molecule has 1 aromatic heterocycles. The maximum Gasteiger partial charge on any atom is 0.146 e. The molecule has 2 aromatic rings. The molecule has 0 amide bonds. The lowest BCUT2D eigenvalue weighted by Crippen LogP contribution is -2.36. The zero-order valence-corrected chi connectivity index (χ0v) is 16.0. The van der Waals surface area contributed by atoms with Crippen LogP contribution in [0.4, 0.5) is 4.39 Å². The minimum absolute atomic E-state index is 0.0107. The second-order valence-corrected chi connectivity index (χ2v) is 7.27. The largest absolute Gasteiger partial charge is 0.493 e. The molecule has 0 aliphatic rings. The number of halogens is 1. The van der Waals surface area contributed by atoms with Crippen LogP contribution in [0.5, 0.6) is 5.75 Å². The molecule has 0 aliphatic carbocycles. The van der Waals surface area contributed by atoms with Gasteiger partial charge in [0.2, 0.25) is 0 Å². The number of nitrogens with one attached hydrogen (secondary N) is 1. The molecule has 1 atom stereocenters. The maximum atomic E-state index is 14.1. The van der Waals surface area contributed by atoms with E-state index in [9.17, 15) is 9.50 Å². The van der Waals surface area contributed by atoms with E-state index in [2.05, 4.69) is 24.1 Å². The number of ether oxygens (including phenoxy) is 1. The van der Waals surface area contributed by atoms with Crippen LogP contribution in [0.1, 0.15) is 33.4 Å². The highest BCUT2D eigenvalue weighted by molar-refractivity contribution is 5.60. The van der Waals surface area contributed by atoms with Crippen LogP contribution in [0, 0.1) is 17.7 Å². The van der Waals surface area contributed by atoms with Gasteiger partial charge >= 0.3 is 0 Å². The van der Waals surface area contributed by atoms with E-state index in [0.717, 1.165) is 11.3 Å². The van der Waals surface area contributed by atoms with Crippen molar-refractivity contribution in [2.75, 3.05) is 13.2 Å². The quantitative estimate of drug-likeness (QED) is 0.709. The first-order valence-corrected chi connectivity index (χ1v) is 9.13. The smallest absolute Gasteiger partial charge is 0.146 e. The van der Waals surface area contributed by atoms with Gasteiger partial charge in [-0.2, -0.15) is 0 Å². The van der Waals surface area contributed by atoms with E-state index in [1.807, 2.05) is 38.1 Å². The van der Waals surface area contributed by atoms with Crippen LogP contribution in [0.25, 0.3) is 11.3 Å². The molecule has 0 unspecified atom stereocenters. The molecule has 0 saturated carbocycles. The first-order valence-electron chi connectivity index (χ1n) is 9.13. The highest BCUT2D eigenvalue weighted by Gasteiger charge is 2.14. The number of aliphatic hydroxyl groups excluding tert-OH is 1. The topological polar surface area (TPSA) is 54.4 Å². The van der Waals surface area contributed by atoms with Gasteiger partial charge in [-0.25, -0.2) is 9.37 Å². The first-order chi connectivity index (χ1) is 12.4. The Morgan fingerprint density at radius 1 is 1.08 bits per heavy atom. The Morgan fingerprint density at radius 3 is 2.35 bits per heavy atom. The SMILES string of the molecule is CC(C)COc1ccc(-c2ccc(F)c(CN[C@@H](CO)C(C)C)n2)cc1. The lowest BCUT2D eigenvalue weighted by atomic mass is 10.1. The van der Waals surface area contributed by atoms with E-state index < -0.39 is 0 Å². The second-order valence-electron chi connectivity index (χ2n) is 7.27. The number of benzene rings is 1. The number of nitrogens with zero attached hydrogens (tertiary/aromatic N) is 1. The van der Waals surface area contributed by atoms with E-state index in [0.29, 0.717) is 23.9 Å². The van der Waals surface area contributed by atoms with Crippen LogP contribution in [-0.2, 0) is 6.54 Å². The summed E-state index contributed by atoms with van der Waals surface area (Å²) in [7, 11) is 0. The summed E-state index contributed by atoms with van der Waals surface area (Å²) in [4.78, 5) is 4.45. The molecule has 4 nitrogen and oxygen atoms in total. The monoisotopic (exact) mass is 360 g/mol. The molecule has 0 saturated heterocycles. The van der Waals surface area contributed by atoms with Gasteiger partial charge in [-0.15, -0.1) is 0 Å². The normalized spacial score (nSPS) is 12.6. The van der Waals surface area contributed by atoms with Gasteiger partial charge in [0.1, 0.15) is 11.6 Å². The van der Waals surface area contributed by atoms with Gasteiger partial charge < -0.3 is 15.2 Å². The van der Waals surface area contributed by atoms with Gasteiger partial charge in [0.25, 0.3) is 0 Å². The molecule has 142 valence electrons. The van der Waals surface area contributed by atoms with Crippen molar-refractivity contribution in [2.24, 2.45) is 11.8 Å². The van der Waals surface area contributed by atoms with Crippen molar-refractivity contribution in [3.05, 3.63) is 47.9 Å². The average Bonchev–Trinajstić information content (AvgIpc) is 2.62. The molecule has 5 heteroatoms. The molecular formula is C21H29FN2O2. The fraction of sp³-hybridized carbons (Fsp3) is 0.476. The van der Waals surface area contributed by atoms with Crippen molar-refractivity contribution in [1.29, 1.82) is 0 Å². The Balaban J connectivity index is 2.10. The molecule has 0 fully saturated rings. The summed E-state index contributed by atoms with van der Waals surface area (Å²) in [6.07, 6.45) is 0. The highest BCUT2D eigenvalue weighted by atomic mass is 19.1. The van der Waals surface area contributed by atoms with Crippen LogP contribution >= 0.6 is 0 Å². The van der Waals surface area contributed by atoms with Gasteiger partial charge in [0.15, 0.2) is 0 Å². The fourth-order valence-corrected chi connectivity index (χ4v) is 2.49. The number of rotatable bonds is 9. The minimum Gasteiger partial charge on any atom is -0.493 e. The molecule has 0 aliphatic heterocycles. The third-order valence-corrected chi connectivity index (χ3v) is 4.19. The molecule has 1 aromatic carbocycles. The molecular weight excluding hydrogens is 331 g/mol. The number of pyridine rings is 1. The molecule has 0 bridgehead atoms. The van der Waals surface area contributed by atoms with E-state index in [4.69, 9.17) is 4.74 Å². The van der Waals surface area contributed by atoms with Gasteiger partial charge in [0, 0.05) is 18.2 Å². The summed E-state index contributed by atoms with van der Waals surface area (Å²) in [5, 5.41) is 12.6. The summed E-state index contributed by atoms with van der Waals surface area (Å²) in [5.41, 5.74) is 1.97. The van der Waals surface area contributed by atoms with Gasteiger partial charge in [-0.05, 0) is 48.2 Å². The Hall–Kier alpha value is -1.98. The second kappa shape index (κ2) is 9.64. The molecule has 0 radical (unpaired) electrons. The van der Waals surface area contributed by atoms with Crippen LogP contribution in [0.15, 0.2) is 36.4 Å². The van der Waals surface area contributed by atoms with Crippen molar-refractivity contribution in [3.63, 3.8) is 0 Å². The van der Waals surface area contributed by atoms with Crippen molar-refractivity contribution in [3.8, 4) is 17.0 Å². The van der Waals surface area contributed by atoms with Crippen LogP contribution in [0.3, 0.4) is 0 Å². The predicted molar refractivity (Wildman–Crippen MR) is 103 cm³/mol. The summed E-state index contributed by atoms with van der Waals surface area (Å²) in [5.74, 6) is 1.19. The Bertz CT molecular complexity index is 687. The Morgan fingerprint density at radius 2 is 1.77 bits per heavy atom. The van der Waals surface area contributed by atoms with Crippen LogP contribution < -0.4 is 10.1 Å². The van der Waals surface area contributed by atoms with E-state index >= 15 is 0 Å². The summed E-state index contributed by atoms with van der Waals surface area (Å²) >= 11 is 0. The molecule has 0 spiro atoms. The van der Waals surface area contributed by atoms with Crippen molar-refractivity contribution >= 4 is 0 Å². The van der Waals surface area contributed by atoms with Crippen LogP contribution in [0.2, 0.25) is 0 Å². The number of hydrogen-bond acceptors (Lipinski definition) is 4. The van der Waals surface area contributed by atoms with Crippen LogP contribution in [-0.4, -0.2) is 29.3 Å². The maximum absolute atomic E-state index is 14.1. The minimum atomic E-state index is -0.349. The Labute approximate surface area is 155 Å². The van der Waals surface area contributed by atoms with Gasteiger partial charge in [0.05, 0.1) is 24.6 Å². The van der Waals surface area contributed by atoms with E-state index in [-0.39, 0.29) is 30.9 Å². The van der Waals surface area contributed by atoms with E-state index in [1.54, 1.807) is 6.07 Å². The van der Waals surface area contributed by atoms with Gasteiger partial charge in [-0.1, -0.05) is 27.7 Å². The molecule has 1 heterocycles. The fourth-order valence-electron chi connectivity index (χ4n) is 2.49. The van der Waals surface area contributed by atoms with Crippen molar-refractivity contribution in [1.82, 2.24) is 10.3 Å². The van der Waals surface area contributed by atoms with Gasteiger partial charge in [-0.3, -0.25) is 0 Å².